The van der Waals surface area contributed by atoms with Crippen molar-refractivity contribution >= 4 is 22.8 Å². The van der Waals surface area contributed by atoms with Crippen molar-refractivity contribution in [2.45, 2.75) is 6.92 Å². The monoisotopic (exact) mass is 217 g/mol. The number of carbonyl (C=O) groups excluding carboxylic acids is 1. The summed E-state index contributed by atoms with van der Waals surface area (Å²) in [4.78, 5) is 19.5. The lowest BCUT2D eigenvalue weighted by atomic mass is 10.1. The molecule has 5 nitrogen and oxygen atoms in total. The molecular weight excluding hydrogens is 206 g/mol. The molecule has 1 aromatic heterocycles. The minimum Gasteiger partial charge on any atom is -0.465 e. The zero-order valence-corrected chi connectivity index (χ0v) is 9.02. The van der Waals surface area contributed by atoms with E-state index in [1.54, 1.807) is 18.2 Å². The topological polar surface area (TPSA) is 78.1 Å². The van der Waals surface area contributed by atoms with E-state index in [1.807, 2.05) is 6.92 Å². The molecule has 1 heterocycles. The Hall–Kier alpha value is -2.17. The second-order valence-corrected chi connectivity index (χ2v) is 3.39. The molecule has 2 aromatic rings. The van der Waals surface area contributed by atoms with Gasteiger partial charge >= 0.3 is 5.97 Å². The Balaban J connectivity index is 2.66. The molecule has 2 rings (SSSR count). The first-order valence-corrected chi connectivity index (χ1v) is 4.74. The van der Waals surface area contributed by atoms with Crippen LogP contribution in [0.15, 0.2) is 18.2 Å². The Labute approximate surface area is 92.3 Å². The number of benzene rings is 1. The molecule has 0 aliphatic heterocycles. The molecule has 0 fully saturated rings. The predicted octanol–water partition coefficient (Wildman–Crippen LogP) is 1.31. The average molecular weight is 217 g/mol. The molecule has 0 saturated heterocycles. The van der Waals surface area contributed by atoms with E-state index in [1.165, 1.54) is 7.11 Å². The summed E-state index contributed by atoms with van der Waals surface area (Å²) in [5.74, 6) is -0.144. The van der Waals surface area contributed by atoms with Crippen molar-refractivity contribution in [3.63, 3.8) is 0 Å². The van der Waals surface area contributed by atoms with Gasteiger partial charge in [0.2, 0.25) is 5.95 Å². The number of esters is 1. The highest BCUT2D eigenvalue weighted by Gasteiger charge is 2.08. The van der Waals surface area contributed by atoms with Gasteiger partial charge in [-0.15, -0.1) is 0 Å². The molecule has 0 bridgehead atoms. The highest BCUT2D eigenvalue weighted by atomic mass is 16.5. The van der Waals surface area contributed by atoms with Crippen LogP contribution in [0.1, 0.15) is 16.1 Å². The second-order valence-electron chi connectivity index (χ2n) is 3.39. The predicted molar refractivity (Wildman–Crippen MR) is 60.0 cm³/mol. The first-order chi connectivity index (χ1) is 7.61. The number of rotatable bonds is 1. The molecule has 0 aliphatic rings. The number of aromatic nitrogens is 2. The van der Waals surface area contributed by atoms with Crippen LogP contribution in [0.3, 0.4) is 0 Å². The van der Waals surface area contributed by atoms with Gasteiger partial charge in [-0.25, -0.2) is 14.8 Å². The summed E-state index contributed by atoms with van der Waals surface area (Å²) in [6.45, 7) is 1.82. The first kappa shape index (κ1) is 10.4. The number of nitrogens with zero attached hydrogens (tertiary/aromatic N) is 2. The number of methoxy groups -OCH3 is 1. The maximum absolute atomic E-state index is 11.3. The lowest BCUT2D eigenvalue weighted by molar-refractivity contribution is 0.0601. The molecule has 82 valence electrons. The Kier molecular flexibility index (Phi) is 2.44. The van der Waals surface area contributed by atoms with Crippen molar-refractivity contribution in [3.8, 4) is 0 Å². The van der Waals surface area contributed by atoms with Gasteiger partial charge in [-0.05, 0) is 25.1 Å². The Morgan fingerprint density at radius 3 is 2.81 bits per heavy atom. The van der Waals surface area contributed by atoms with Crippen molar-refractivity contribution < 1.29 is 9.53 Å². The zero-order chi connectivity index (χ0) is 11.7. The number of nitrogen functional groups attached to an aromatic ring is 1. The largest absolute Gasteiger partial charge is 0.465 e. The number of carbonyl (C=O) groups is 1. The Bertz CT molecular complexity index is 566. The summed E-state index contributed by atoms with van der Waals surface area (Å²) < 4.78 is 4.64. The molecule has 0 spiro atoms. The van der Waals surface area contributed by atoms with Crippen LogP contribution in [-0.2, 0) is 4.74 Å². The highest BCUT2D eigenvalue weighted by Crippen LogP contribution is 2.18. The number of ether oxygens (including phenoxy) is 1. The van der Waals surface area contributed by atoms with Crippen molar-refractivity contribution in [1.29, 1.82) is 0 Å². The normalized spacial score (nSPS) is 10.4. The fourth-order valence-corrected chi connectivity index (χ4v) is 1.55. The van der Waals surface area contributed by atoms with E-state index >= 15 is 0 Å². The maximum atomic E-state index is 11.3. The number of hydrogen-bond acceptors (Lipinski definition) is 5. The second kappa shape index (κ2) is 3.77. The third kappa shape index (κ3) is 1.67. The van der Waals surface area contributed by atoms with E-state index in [2.05, 4.69) is 14.7 Å². The molecule has 0 unspecified atom stereocenters. The standard InChI is InChI=1S/C11H11N3O2/c1-6-8-5-7(10(15)16-2)3-4-9(8)14-11(12)13-6/h3-5H,1-2H3,(H2,12,13,14). The van der Waals surface area contributed by atoms with Crippen LogP contribution in [0, 0.1) is 6.92 Å². The van der Waals surface area contributed by atoms with Crippen LogP contribution in [0.4, 0.5) is 5.95 Å². The number of fused-ring (bicyclic) bond motifs is 1. The Morgan fingerprint density at radius 1 is 1.38 bits per heavy atom. The van der Waals surface area contributed by atoms with E-state index < -0.39 is 0 Å². The van der Waals surface area contributed by atoms with Gasteiger partial charge in [-0.3, -0.25) is 0 Å². The smallest absolute Gasteiger partial charge is 0.337 e. The van der Waals surface area contributed by atoms with Gasteiger partial charge in [-0.2, -0.15) is 0 Å². The Morgan fingerprint density at radius 2 is 2.12 bits per heavy atom. The van der Waals surface area contributed by atoms with Crippen molar-refractivity contribution in [3.05, 3.63) is 29.5 Å². The maximum Gasteiger partial charge on any atom is 0.337 e. The van der Waals surface area contributed by atoms with Crippen LogP contribution in [0.25, 0.3) is 10.9 Å². The van der Waals surface area contributed by atoms with Crippen LogP contribution < -0.4 is 5.73 Å². The summed E-state index contributed by atoms with van der Waals surface area (Å²) in [7, 11) is 1.35. The molecule has 0 radical (unpaired) electrons. The highest BCUT2D eigenvalue weighted by molar-refractivity contribution is 5.95. The molecule has 0 amide bonds. The van der Waals surface area contributed by atoms with Crippen LogP contribution >= 0.6 is 0 Å². The molecule has 16 heavy (non-hydrogen) atoms. The van der Waals surface area contributed by atoms with E-state index in [4.69, 9.17) is 5.73 Å². The van der Waals surface area contributed by atoms with Crippen molar-refractivity contribution in [2.24, 2.45) is 0 Å². The van der Waals surface area contributed by atoms with Crippen molar-refractivity contribution in [2.75, 3.05) is 12.8 Å². The van der Waals surface area contributed by atoms with Crippen LogP contribution in [0.2, 0.25) is 0 Å². The van der Waals surface area contributed by atoms with Gasteiger partial charge in [-0.1, -0.05) is 0 Å². The minimum absolute atomic E-state index is 0.232. The summed E-state index contributed by atoms with van der Waals surface area (Å²) in [5.41, 5.74) is 7.48. The molecule has 0 aliphatic carbocycles. The third-order valence-electron chi connectivity index (χ3n) is 2.32. The zero-order valence-electron chi connectivity index (χ0n) is 9.02. The quantitative estimate of drug-likeness (QED) is 0.728. The molecule has 5 heteroatoms. The summed E-state index contributed by atoms with van der Waals surface area (Å²) in [5, 5.41) is 0.803. The SMILES string of the molecule is COC(=O)c1ccc2nc(N)nc(C)c2c1. The lowest BCUT2D eigenvalue weighted by Gasteiger charge is -2.04. The van der Waals surface area contributed by atoms with E-state index in [0.717, 1.165) is 16.6 Å². The number of nitrogens with two attached hydrogens (primary N) is 1. The van der Waals surface area contributed by atoms with Gasteiger partial charge in [0, 0.05) is 5.39 Å². The lowest BCUT2D eigenvalue weighted by Crippen LogP contribution is -2.02. The van der Waals surface area contributed by atoms with Crippen LogP contribution in [-0.4, -0.2) is 23.0 Å². The van der Waals surface area contributed by atoms with Gasteiger partial charge in [0.25, 0.3) is 0 Å². The number of anilines is 1. The fraction of sp³-hybridized carbons (Fsp3) is 0.182. The van der Waals surface area contributed by atoms with E-state index in [9.17, 15) is 4.79 Å². The summed E-state index contributed by atoms with van der Waals surface area (Å²) in [6, 6.07) is 5.09. The molecule has 0 atom stereocenters. The van der Waals surface area contributed by atoms with Crippen LogP contribution in [0.5, 0.6) is 0 Å². The molecule has 1 aromatic carbocycles. The van der Waals surface area contributed by atoms with Crippen molar-refractivity contribution in [1.82, 2.24) is 9.97 Å². The fourth-order valence-electron chi connectivity index (χ4n) is 1.55. The third-order valence-corrected chi connectivity index (χ3v) is 2.32. The van der Waals surface area contributed by atoms with Gasteiger partial charge in [0.05, 0.1) is 23.9 Å². The number of aryl methyl sites for hydroxylation is 1. The van der Waals surface area contributed by atoms with E-state index in [-0.39, 0.29) is 11.9 Å². The molecule has 2 N–H and O–H groups in total. The summed E-state index contributed by atoms with van der Waals surface area (Å²) >= 11 is 0. The molecule has 0 saturated carbocycles. The molecular formula is C11H11N3O2. The first-order valence-electron chi connectivity index (χ1n) is 4.74. The van der Waals surface area contributed by atoms with Gasteiger partial charge < -0.3 is 10.5 Å². The van der Waals surface area contributed by atoms with Gasteiger partial charge in [0.1, 0.15) is 0 Å². The van der Waals surface area contributed by atoms with E-state index in [0.29, 0.717) is 5.56 Å². The minimum atomic E-state index is -0.377. The average Bonchev–Trinajstić information content (AvgIpc) is 2.27. The van der Waals surface area contributed by atoms with Gasteiger partial charge in [0.15, 0.2) is 0 Å². The number of hydrogen-bond donors (Lipinski definition) is 1. The summed E-state index contributed by atoms with van der Waals surface area (Å²) in [6.07, 6.45) is 0.